The molecule has 0 aromatic heterocycles. The molecule has 1 aromatic carbocycles. The summed E-state index contributed by atoms with van der Waals surface area (Å²) in [6, 6.07) is 5.93. The van der Waals surface area contributed by atoms with Gasteiger partial charge in [0.25, 0.3) is 0 Å². The molecule has 0 radical (unpaired) electrons. The molecule has 1 aromatic rings. The van der Waals surface area contributed by atoms with Gasteiger partial charge in [-0.25, -0.2) is 0 Å². The van der Waals surface area contributed by atoms with Gasteiger partial charge in [0.05, 0.1) is 5.02 Å². The molecule has 0 saturated heterocycles. The average molecular weight is 334 g/mol. The van der Waals surface area contributed by atoms with Crippen LogP contribution in [0.4, 0.5) is 5.69 Å². The molecule has 0 aliphatic heterocycles. The molecular formula is C14H22BrClN2. The first-order valence-electron chi connectivity index (χ1n) is 6.50. The Morgan fingerprint density at radius 3 is 2.61 bits per heavy atom. The summed E-state index contributed by atoms with van der Waals surface area (Å²) in [5.74, 6) is 0. The maximum atomic E-state index is 6.12. The summed E-state index contributed by atoms with van der Waals surface area (Å²) in [4.78, 5) is 0. The Morgan fingerprint density at radius 2 is 2.11 bits per heavy atom. The van der Waals surface area contributed by atoms with Crippen molar-refractivity contribution in [3.63, 3.8) is 0 Å². The van der Waals surface area contributed by atoms with E-state index < -0.39 is 0 Å². The average Bonchev–Trinajstić information content (AvgIpc) is 2.39. The second-order valence-electron chi connectivity index (χ2n) is 4.70. The minimum atomic E-state index is -0.0207. The lowest BCUT2D eigenvalue weighted by atomic mass is 9.89. The normalized spacial score (nSPS) is 14.3. The number of unbranched alkanes of at least 4 members (excludes halogenated alkanes) is 1. The Balaban J connectivity index is 2.84. The molecule has 0 aliphatic carbocycles. The van der Waals surface area contributed by atoms with Crippen molar-refractivity contribution in [3.05, 3.63) is 27.7 Å². The summed E-state index contributed by atoms with van der Waals surface area (Å²) < 4.78 is 0.915. The first kappa shape index (κ1) is 15.8. The van der Waals surface area contributed by atoms with Crippen LogP contribution in [-0.4, -0.2) is 12.1 Å². The highest BCUT2D eigenvalue weighted by atomic mass is 79.9. The van der Waals surface area contributed by atoms with Crippen LogP contribution in [0.2, 0.25) is 5.02 Å². The van der Waals surface area contributed by atoms with Crippen LogP contribution in [0, 0.1) is 0 Å². The molecule has 1 rings (SSSR count). The fourth-order valence-electron chi connectivity index (χ4n) is 2.02. The van der Waals surface area contributed by atoms with E-state index in [9.17, 15) is 0 Å². The van der Waals surface area contributed by atoms with E-state index in [0.29, 0.717) is 6.54 Å². The summed E-state index contributed by atoms with van der Waals surface area (Å²) in [5.41, 5.74) is 6.98. The monoisotopic (exact) mass is 332 g/mol. The summed E-state index contributed by atoms with van der Waals surface area (Å²) in [7, 11) is 0. The van der Waals surface area contributed by atoms with Crippen molar-refractivity contribution < 1.29 is 0 Å². The zero-order valence-electron chi connectivity index (χ0n) is 11.1. The van der Waals surface area contributed by atoms with Gasteiger partial charge in [0.1, 0.15) is 0 Å². The third kappa shape index (κ3) is 4.15. The quantitative estimate of drug-likeness (QED) is 0.751. The lowest BCUT2D eigenvalue weighted by molar-refractivity contribution is 0.411. The molecule has 2 nitrogen and oxygen atoms in total. The van der Waals surface area contributed by atoms with Crippen LogP contribution in [0.15, 0.2) is 22.7 Å². The number of benzene rings is 1. The van der Waals surface area contributed by atoms with Crippen molar-refractivity contribution in [1.29, 1.82) is 0 Å². The van der Waals surface area contributed by atoms with Gasteiger partial charge in [-0.2, -0.15) is 0 Å². The Labute approximate surface area is 123 Å². The van der Waals surface area contributed by atoms with E-state index >= 15 is 0 Å². The van der Waals surface area contributed by atoms with Crippen molar-refractivity contribution >= 4 is 33.2 Å². The van der Waals surface area contributed by atoms with Crippen molar-refractivity contribution in [2.75, 3.05) is 11.9 Å². The predicted molar refractivity (Wildman–Crippen MR) is 84.4 cm³/mol. The molecule has 102 valence electrons. The molecule has 18 heavy (non-hydrogen) atoms. The number of anilines is 1. The lowest BCUT2D eigenvalue weighted by Crippen LogP contribution is -2.45. The number of nitrogens with two attached hydrogens (primary N) is 1. The van der Waals surface area contributed by atoms with E-state index in [-0.39, 0.29) is 5.54 Å². The van der Waals surface area contributed by atoms with Gasteiger partial charge in [0.15, 0.2) is 0 Å². The van der Waals surface area contributed by atoms with Crippen LogP contribution < -0.4 is 11.1 Å². The minimum Gasteiger partial charge on any atom is -0.378 e. The Hall–Kier alpha value is -0.250. The molecule has 0 heterocycles. The number of rotatable bonds is 7. The zero-order chi connectivity index (χ0) is 13.6. The second-order valence-corrected chi connectivity index (χ2v) is 5.96. The molecule has 0 bridgehead atoms. The number of hydrogen-bond donors (Lipinski definition) is 2. The Morgan fingerprint density at radius 1 is 1.39 bits per heavy atom. The lowest BCUT2D eigenvalue weighted by Gasteiger charge is -2.34. The van der Waals surface area contributed by atoms with E-state index in [1.165, 1.54) is 12.8 Å². The fourth-order valence-corrected chi connectivity index (χ4v) is 2.45. The smallest absolute Gasteiger partial charge is 0.0568 e. The van der Waals surface area contributed by atoms with Gasteiger partial charge >= 0.3 is 0 Å². The van der Waals surface area contributed by atoms with Gasteiger partial charge in [0.2, 0.25) is 0 Å². The number of nitrogens with one attached hydrogen (secondary N) is 1. The molecule has 3 N–H and O–H groups in total. The highest BCUT2D eigenvalue weighted by Gasteiger charge is 2.25. The highest BCUT2D eigenvalue weighted by molar-refractivity contribution is 9.10. The van der Waals surface area contributed by atoms with Crippen molar-refractivity contribution in [2.24, 2.45) is 5.73 Å². The topological polar surface area (TPSA) is 38.0 Å². The van der Waals surface area contributed by atoms with Gasteiger partial charge in [-0.1, -0.05) is 38.3 Å². The molecular weight excluding hydrogens is 312 g/mol. The van der Waals surface area contributed by atoms with E-state index in [2.05, 4.69) is 35.1 Å². The standard InChI is InChI=1S/C14H22BrClN2/c1-3-5-8-14(4-2,10-17)18-11-6-7-12(15)13(16)9-11/h6-7,9,18H,3-5,8,10,17H2,1-2H3. The molecule has 0 aliphatic rings. The summed E-state index contributed by atoms with van der Waals surface area (Å²) in [5, 5.41) is 4.28. The van der Waals surface area contributed by atoms with Crippen LogP contribution in [0.25, 0.3) is 0 Å². The third-order valence-electron chi connectivity index (χ3n) is 3.41. The number of hydrogen-bond acceptors (Lipinski definition) is 2. The minimum absolute atomic E-state index is 0.0207. The summed E-state index contributed by atoms with van der Waals surface area (Å²) >= 11 is 9.52. The first-order chi connectivity index (χ1) is 8.56. The molecule has 1 unspecified atom stereocenters. The predicted octanol–water partition coefficient (Wildman–Crippen LogP) is 4.81. The van der Waals surface area contributed by atoms with Crippen molar-refractivity contribution in [3.8, 4) is 0 Å². The first-order valence-corrected chi connectivity index (χ1v) is 7.67. The van der Waals surface area contributed by atoms with Crippen LogP contribution in [0.5, 0.6) is 0 Å². The van der Waals surface area contributed by atoms with Crippen LogP contribution in [-0.2, 0) is 0 Å². The van der Waals surface area contributed by atoms with E-state index in [4.69, 9.17) is 17.3 Å². The van der Waals surface area contributed by atoms with Gasteiger partial charge in [-0.3, -0.25) is 0 Å². The highest BCUT2D eigenvalue weighted by Crippen LogP contribution is 2.29. The Kier molecular flexibility index (Phi) is 6.47. The van der Waals surface area contributed by atoms with E-state index in [1.807, 2.05) is 18.2 Å². The van der Waals surface area contributed by atoms with E-state index in [0.717, 1.165) is 28.0 Å². The van der Waals surface area contributed by atoms with Gasteiger partial charge in [-0.05, 0) is 47.0 Å². The largest absolute Gasteiger partial charge is 0.378 e. The van der Waals surface area contributed by atoms with Gasteiger partial charge < -0.3 is 11.1 Å². The Bertz CT molecular complexity index is 378. The molecule has 0 amide bonds. The van der Waals surface area contributed by atoms with Crippen LogP contribution in [0.1, 0.15) is 39.5 Å². The molecule has 0 saturated carbocycles. The van der Waals surface area contributed by atoms with Crippen LogP contribution >= 0.6 is 27.5 Å². The molecule has 4 heteroatoms. The number of halogens is 2. The van der Waals surface area contributed by atoms with E-state index in [1.54, 1.807) is 0 Å². The molecule has 0 fully saturated rings. The SMILES string of the molecule is CCCCC(CC)(CN)Nc1ccc(Br)c(Cl)c1. The zero-order valence-corrected chi connectivity index (χ0v) is 13.4. The fraction of sp³-hybridized carbons (Fsp3) is 0.571. The second kappa shape index (κ2) is 7.37. The van der Waals surface area contributed by atoms with Gasteiger partial charge in [0, 0.05) is 22.2 Å². The molecule has 1 atom stereocenters. The maximum Gasteiger partial charge on any atom is 0.0568 e. The van der Waals surface area contributed by atoms with Crippen molar-refractivity contribution in [2.45, 2.75) is 45.1 Å². The van der Waals surface area contributed by atoms with Crippen molar-refractivity contribution in [1.82, 2.24) is 0 Å². The summed E-state index contributed by atoms with van der Waals surface area (Å²) in [6.45, 7) is 5.01. The summed E-state index contributed by atoms with van der Waals surface area (Å²) in [6.07, 6.45) is 4.47. The third-order valence-corrected chi connectivity index (χ3v) is 4.64. The maximum absolute atomic E-state index is 6.12. The van der Waals surface area contributed by atoms with Gasteiger partial charge in [-0.15, -0.1) is 0 Å². The van der Waals surface area contributed by atoms with Crippen LogP contribution in [0.3, 0.4) is 0 Å². The molecule has 0 spiro atoms.